The van der Waals surface area contributed by atoms with Crippen molar-refractivity contribution in [1.29, 1.82) is 0 Å². The van der Waals surface area contributed by atoms with Crippen LogP contribution in [0.5, 0.6) is 0 Å². The van der Waals surface area contributed by atoms with Crippen LogP contribution in [0.2, 0.25) is 5.02 Å². The summed E-state index contributed by atoms with van der Waals surface area (Å²) in [5.41, 5.74) is 2.28. The van der Waals surface area contributed by atoms with Crippen molar-refractivity contribution in [2.24, 2.45) is 0 Å². The van der Waals surface area contributed by atoms with Crippen LogP contribution in [-0.2, 0) is 14.4 Å². The molecule has 3 amide bonds. The summed E-state index contributed by atoms with van der Waals surface area (Å²) in [6, 6.07) is 4.35. The highest BCUT2D eigenvalue weighted by molar-refractivity contribution is 6.34. The average molecular weight is 378 g/mol. The van der Waals surface area contributed by atoms with Gasteiger partial charge in [-0.2, -0.15) is 0 Å². The van der Waals surface area contributed by atoms with Gasteiger partial charge in [0.25, 0.3) is 5.91 Å². The van der Waals surface area contributed by atoms with Crippen molar-refractivity contribution in [3.05, 3.63) is 34.4 Å². The fraction of sp³-hybridized carbons (Fsp3) is 0.421. The highest BCUT2D eigenvalue weighted by Crippen LogP contribution is 2.33. The number of carbonyl (C=O) groups excluding carboxylic acids is 3. The van der Waals surface area contributed by atoms with Crippen molar-refractivity contribution in [1.82, 2.24) is 5.32 Å². The molecule has 1 unspecified atom stereocenters. The highest BCUT2D eigenvalue weighted by atomic mass is 35.5. The van der Waals surface area contributed by atoms with Crippen molar-refractivity contribution >= 4 is 40.7 Å². The first kappa shape index (κ1) is 20.0. The molecule has 0 aromatic heterocycles. The van der Waals surface area contributed by atoms with E-state index in [1.807, 2.05) is 20.8 Å². The Bertz CT molecular complexity index is 769. The lowest BCUT2D eigenvalue weighted by atomic mass is 10.1. The number of hydrogen-bond donors (Lipinski definition) is 2. The molecule has 1 aliphatic heterocycles. The maximum absolute atomic E-state index is 12.5. The normalized spacial score (nSPS) is 15.3. The van der Waals surface area contributed by atoms with E-state index in [4.69, 9.17) is 11.6 Å². The van der Waals surface area contributed by atoms with Crippen LogP contribution < -0.4 is 15.5 Å². The monoisotopic (exact) mass is 377 g/mol. The summed E-state index contributed by atoms with van der Waals surface area (Å²) in [6.07, 6.45) is 0.947. The molecular weight excluding hydrogens is 354 g/mol. The van der Waals surface area contributed by atoms with Gasteiger partial charge < -0.3 is 10.6 Å². The molecule has 2 N–H and O–H groups in total. The summed E-state index contributed by atoms with van der Waals surface area (Å²) in [5, 5.41) is 6.25. The number of allylic oxidation sites excluding steroid dienone is 1. The van der Waals surface area contributed by atoms with Gasteiger partial charge in [0.15, 0.2) is 0 Å². The molecule has 6 nitrogen and oxygen atoms in total. The van der Waals surface area contributed by atoms with E-state index in [1.165, 1.54) is 0 Å². The molecule has 140 valence electrons. The summed E-state index contributed by atoms with van der Waals surface area (Å²) >= 11 is 6.22. The molecule has 0 bridgehead atoms. The van der Waals surface area contributed by atoms with Gasteiger partial charge in [-0.05, 0) is 45.4 Å². The van der Waals surface area contributed by atoms with E-state index in [0.717, 1.165) is 16.9 Å². The van der Waals surface area contributed by atoms with Gasteiger partial charge in [0.05, 0.1) is 22.8 Å². The number of imide groups is 1. The first-order valence-electron chi connectivity index (χ1n) is 8.63. The SMILES string of the molecule is CCCNC(=O)C(C)Nc1cc(N2C(=O)CC(=C(C)C)C2=O)ccc1Cl. The van der Waals surface area contributed by atoms with Crippen LogP contribution in [0.4, 0.5) is 11.4 Å². The Morgan fingerprint density at radius 1 is 1.31 bits per heavy atom. The van der Waals surface area contributed by atoms with Crippen LogP contribution in [0.3, 0.4) is 0 Å². The van der Waals surface area contributed by atoms with Gasteiger partial charge in [0.2, 0.25) is 11.8 Å². The summed E-state index contributed by atoms with van der Waals surface area (Å²) in [7, 11) is 0. The molecule has 1 fully saturated rings. The predicted molar refractivity (Wildman–Crippen MR) is 103 cm³/mol. The fourth-order valence-electron chi connectivity index (χ4n) is 2.67. The highest BCUT2D eigenvalue weighted by Gasteiger charge is 2.35. The Morgan fingerprint density at radius 3 is 2.58 bits per heavy atom. The minimum absolute atomic E-state index is 0.0996. The Balaban J connectivity index is 2.25. The molecule has 0 aliphatic carbocycles. The van der Waals surface area contributed by atoms with Crippen LogP contribution in [0.25, 0.3) is 0 Å². The number of hydrogen-bond acceptors (Lipinski definition) is 4. The second kappa shape index (κ2) is 8.36. The van der Waals surface area contributed by atoms with E-state index in [0.29, 0.717) is 28.5 Å². The maximum Gasteiger partial charge on any atom is 0.261 e. The van der Waals surface area contributed by atoms with Crippen LogP contribution in [0.15, 0.2) is 29.3 Å². The van der Waals surface area contributed by atoms with Gasteiger partial charge in [0, 0.05) is 12.1 Å². The Hall–Kier alpha value is -2.34. The predicted octanol–water partition coefficient (Wildman–Crippen LogP) is 3.27. The number of nitrogens with one attached hydrogen (secondary N) is 2. The third-order valence-corrected chi connectivity index (χ3v) is 4.49. The van der Waals surface area contributed by atoms with Gasteiger partial charge in [-0.3, -0.25) is 14.4 Å². The summed E-state index contributed by atoms with van der Waals surface area (Å²) in [6.45, 7) is 7.93. The third-order valence-electron chi connectivity index (χ3n) is 4.16. The molecule has 1 aliphatic rings. The van der Waals surface area contributed by atoms with Crippen molar-refractivity contribution in [3.8, 4) is 0 Å². The Morgan fingerprint density at radius 2 is 2.00 bits per heavy atom. The van der Waals surface area contributed by atoms with Gasteiger partial charge in [-0.15, -0.1) is 0 Å². The van der Waals surface area contributed by atoms with E-state index in [-0.39, 0.29) is 24.1 Å². The van der Waals surface area contributed by atoms with Crippen LogP contribution >= 0.6 is 11.6 Å². The molecule has 0 spiro atoms. The number of nitrogens with zero attached hydrogens (tertiary/aromatic N) is 1. The van der Waals surface area contributed by atoms with Crippen LogP contribution in [0.1, 0.15) is 40.5 Å². The van der Waals surface area contributed by atoms with Crippen molar-refractivity contribution in [2.45, 2.75) is 46.6 Å². The standard InChI is InChI=1S/C19H24ClN3O3/c1-5-8-21-18(25)12(4)22-16-9-13(6-7-15(16)20)23-17(24)10-14(11(2)3)19(23)26/h6-7,9,12,22H,5,8,10H2,1-4H3,(H,21,25). The van der Waals surface area contributed by atoms with E-state index in [1.54, 1.807) is 25.1 Å². The van der Waals surface area contributed by atoms with E-state index >= 15 is 0 Å². The molecule has 0 saturated carbocycles. The molecule has 1 aromatic carbocycles. The summed E-state index contributed by atoms with van der Waals surface area (Å²) < 4.78 is 0. The lowest BCUT2D eigenvalue weighted by Crippen LogP contribution is -2.38. The first-order valence-corrected chi connectivity index (χ1v) is 9.01. The van der Waals surface area contributed by atoms with Crippen molar-refractivity contribution in [3.63, 3.8) is 0 Å². The van der Waals surface area contributed by atoms with E-state index < -0.39 is 6.04 Å². The van der Waals surface area contributed by atoms with Gasteiger partial charge in [-0.1, -0.05) is 24.1 Å². The average Bonchev–Trinajstić information content (AvgIpc) is 2.89. The molecule has 26 heavy (non-hydrogen) atoms. The molecular formula is C19H24ClN3O3. The second-order valence-corrected chi connectivity index (χ2v) is 6.92. The van der Waals surface area contributed by atoms with Crippen LogP contribution in [-0.4, -0.2) is 30.3 Å². The second-order valence-electron chi connectivity index (χ2n) is 6.51. The van der Waals surface area contributed by atoms with Crippen molar-refractivity contribution < 1.29 is 14.4 Å². The lowest BCUT2D eigenvalue weighted by molar-refractivity contribution is -0.122. The number of halogens is 1. The van der Waals surface area contributed by atoms with Crippen LogP contribution in [0, 0.1) is 0 Å². The molecule has 1 aromatic rings. The molecule has 1 saturated heterocycles. The number of anilines is 2. The molecule has 1 atom stereocenters. The number of rotatable bonds is 6. The minimum atomic E-state index is -0.507. The molecule has 1 heterocycles. The number of benzene rings is 1. The lowest BCUT2D eigenvalue weighted by Gasteiger charge is -2.19. The van der Waals surface area contributed by atoms with E-state index in [2.05, 4.69) is 10.6 Å². The largest absolute Gasteiger partial charge is 0.373 e. The molecule has 7 heteroatoms. The van der Waals surface area contributed by atoms with Gasteiger partial charge in [-0.25, -0.2) is 4.90 Å². The summed E-state index contributed by atoms with van der Waals surface area (Å²) in [4.78, 5) is 38.0. The quantitative estimate of drug-likeness (QED) is 0.589. The molecule has 2 rings (SSSR count). The number of carbonyl (C=O) groups is 3. The topological polar surface area (TPSA) is 78.5 Å². The zero-order valence-corrected chi connectivity index (χ0v) is 16.2. The Labute approximate surface area is 158 Å². The Kier molecular flexibility index (Phi) is 6.42. The smallest absolute Gasteiger partial charge is 0.261 e. The maximum atomic E-state index is 12.5. The van der Waals surface area contributed by atoms with Gasteiger partial charge in [0.1, 0.15) is 6.04 Å². The van der Waals surface area contributed by atoms with Crippen molar-refractivity contribution in [2.75, 3.05) is 16.8 Å². The zero-order valence-electron chi connectivity index (χ0n) is 15.5. The van der Waals surface area contributed by atoms with E-state index in [9.17, 15) is 14.4 Å². The zero-order chi connectivity index (χ0) is 19.4. The first-order chi connectivity index (χ1) is 12.3. The molecule has 0 radical (unpaired) electrons. The van der Waals surface area contributed by atoms with Gasteiger partial charge >= 0.3 is 0 Å². The summed E-state index contributed by atoms with van der Waals surface area (Å²) in [5.74, 6) is -0.723. The third kappa shape index (κ3) is 4.25. The number of amides is 3. The minimum Gasteiger partial charge on any atom is -0.373 e. The fourth-order valence-corrected chi connectivity index (χ4v) is 2.84.